The molecule has 0 saturated heterocycles. The van der Waals surface area contributed by atoms with E-state index in [1.54, 1.807) is 13.8 Å². The SMILES string of the molecule is CC(C)c1[nH]c(=O)n(C(Cl)(Cl)Cl)c1O. The van der Waals surface area contributed by atoms with Crippen LogP contribution in [0.15, 0.2) is 4.79 Å². The summed E-state index contributed by atoms with van der Waals surface area (Å²) in [7, 11) is 0. The number of H-pyrrole nitrogens is 1. The van der Waals surface area contributed by atoms with E-state index in [9.17, 15) is 9.90 Å². The summed E-state index contributed by atoms with van der Waals surface area (Å²) in [5.41, 5.74) is -0.299. The molecule has 0 aliphatic rings. The molecule has 1 heterocycles. The second-order valence-corrected chi connectivity index (χ2v) is 5.35. The van der Waals surface area contributed by atoms with Crippen molar-refractivity contribution in [1.29, 1.82) is 0 Å². The topological polar surface area (TPSA) is 58.0 Å². The quantitative estimate of drug-likeness (QED) is 0.760. The lowest BCUT2D eigenvalue weighted by atomic mass is 10.1. The van der Waals surface area contributed by atoms with E-state index in [0.29, 0.717) is 10.3 Å². The smallest absolute Gasteiger partial charge is 0.332 e. The summed E-state index contributed by atoms with van der Waals surface area (Å²) < 4.78 is -1.31. The average Bonchev–Trinajstić information content (AvgIpc) is 2.24. The molecule has 0 bridgehead atoms. The third-order valence-electron chi connectivity index (χ3n) is 1.73. The number of nitrogens with zero attached hydrogens (tertiary/aromatic N) is 1. The van der Waals surface area contributed by atoms with Gasteiger partial charge in [0.15, 0.2) is 0 Å². The summed E-state index contributed by atoms with van der Waals surface area (Å²) in [6, 6.07) is 0. The molecule has 0 aliphatic heterocycles. The summed E-state index contributed by atoms with van der Waals surface area (Å²) in [5, 5.41) is 9.59. The summed E-state index contributed by atoms with van der Waals surface area (Å²) in [4.78, 5) is 13.7. The highest BCUT2D eigenvalue weighted by atomic mass is 35.6. The molecule has 7 heteroatoms. The molecule has 0 aliphatic carbocycles. The molecular weight excluding hydrogens is 250 g/mol. The molecule has 1 rings (SSSR count). The maximum atomic E-state index is 11.3. The Hall–Kier alpha value is -0.320. The van der Waals surface area contributed by atoms with Gasteiger partial charge in [-0.25, -0.2) is 9.36 Å². The van der Waals surface area contributed by atoms with E-state index in [2.05, 4.69) is 4.98 Å². The molecular formula is C7H9Cl3N2O2. The number of aromatic hydroxyl groups is 1. The van der Waals surface area contributed by atoms with Gasteiger partial charge in [0.1, 0.15) is 0 Å². The predicted octanol–water partition coefficient (Wildman–Crippen LogP) is 2.29. The molecule has 0 radical (unpaired) electrons. The monoisotopic (exact) mass is 258 g/mol. The Morgan fingerprint density at radius 1 is 1.43 bits per heavy atom. The first-order valence-corrected chi connectivity index (χ1v) is 4.99. The molecule has 0 aromatic carbocycles. The van der Waals surface area contributed by atoms with E-state index in [0.717, 1.165) is 0 Å². The molecule has 1 aromatic heterocycles. The molecule has 0 fully saturated rings. The Kier molecular flexibility index (Phi) is 3.09. The maximum Gasteiger partial charge on any atom is 0.332 e. The zero-order valence-electron chi connectivity index (χ0n) is 7.51. The molecule has 2 N–H and O–H groups in total. The van der Waals surface area contributed by atoms with Crippen LogP contribution < -0.4 is 5.69 Å². The van der Waals surface area contributed by atoms with Crippen LogP contribution in [-0.4, -0.2) is 14.7 Å². The van der Waals surface area contributed by atoms with Gasteiger partial charge in [-0.05, 0) is 5.92 Å². The van der Waals surface area contributed by atoms with Crippen LogP contribution in [0.5, 0.6) is 5.88 Å². The normalized spacial score (nSPS) is 12.4. The van der Waals surface area contributed by atoms with Gasteiger partial charge in [-0.2, -0.15) is 0 Å². The van der Waals surface area contributed by atoms with Crippen molar-refractivity contribution in [3.05, 3.63) is 16.2 Å². The molecule has 0 atom stereocenters. The van der Waals surface area contributed by atoms with Crippen LogP contribution in [0.1, 0.15) is 25.5 Å². The lowest BCUT2D eigenvalue weighted by Crippen LogP contribution is -2.25. The van der Waals surface area contributed by atoms with Gasteiger partial charge in [0, 0.05) is 0 Å². The first-order valence-electron chi connectivity index (χ1n) is 3.86. The van der Waals surface area contributed by atoms with Crippen LogP contribution in [0.4, 0.5) is 0 Å². The Morgan fingerprint density at radius 2 is 1.93 bits per heavy atom. The van der Waals surface area contributed by atoms with Gasteiger partial charge < -0.3 is 10.1 Å². The number of hydrogen-bond donors (Lipinski definition) is 2. The minimum absolute atomic E-state index is 0.0590. The molecule has 1 aromatic rings. The molecule has 0 saturated carbocycles. The zero-order chi connectivity index (χ0) is 11.1. The highest BCUT2D eigenvalue weighted by Crippen LogP contribution is 2.36. The Balaban J connectivity index is 3.41. The number of imidazole rings is 1. The number of alkyl halides is 3. The van der Waals surface area contributed by atoms with Crippen LogP contribution in [0.25, 0.3) is 0 Å². The summed E-state index contributed by atoms with van der Waals surface area (Å²) in [6.45, 7) is 3.60. The lowest BCUT2D eigenvalue weighted by molar-refractivity contribution is 0.411. The second kappa shape index (κ2) is 3.68. The van der Waals surface area contributed by atoms with E-state index in [4.69, 9.17) is 34.8 Å². The predicted molar refractivity (Wildman–Crippen MR) is 56.3 cm³/mol. The van der Waals surface area contributed by atoms with E-state index in [1.807, 2.05) is 0 Å². The lowest BCUT2D eigenvalue weighted by Gasteiger charge is -2.12. The maximum absolute atomic E-state index is 11.3. The van der Waals surface area contributed by atoms with Gasteiger partial charge in [0.25, 0.3) is 3.92 Å². The third kappa shape index (κ3) is 2.02. The highest BCUT2D eigenvalue weighted by Gasteiger charge is 2.30. The number of halogens is 3. The Bertz CT molecular complexity index is 389. The Labute approximate surface area is 95.4 Å². The number of hydrogen-bond acceptors (Lipinski definition) is 2. The fraction of sp³-hybridized carbons (Fsp3) is 0.571. The van der Waals surface area contributed by atoms with Crippen molar-refractivity contribution in [1.82, 2.24) is 9.55 Å². The number of nitrogens with one attached hydrogen (secondary N) is 1. The summed E-state index contributed by atoms with van der Waals surface area (Å²) >= 11 is 16.5. The minimum atomic E-state index is -1.98. The van der Waals surface area contributed by atoms with E-state index < -0.39 is 9.61 Å². The van der Waals surface area contributed by atoms with Crippen molar-refractivity contribution in [3.63, 3.8) is 0 Å². The van der Waals surface area contributed by atoms with Crippen LogP contribution in [-0.2, 0) is 3.92 Å². The van der Waals surface area contributed by atoms with Gasteiger partial charge in [0.2, 0.25) is 5.88 Å². The molecule has 0 unspecified atom stereocenters. The highest BCUT2D eigenvalue weighted by molar-refractivity contribution is 6.64. The summed E-state index contributed by atoms with van der Waals surface area (Å²) in [5.74, 6) is -0.402. The molecule has 14 heavy (non-hydrogen) atoms. The van der Waals surface area contributed by atoms with Crippen LogP contribution in [0.2, 0.25) is 0 Å². The van der Waals surface area contributed by atoms with Crippen LogP contribution in [0.3, 0.4) is 0 Å². The van der Waals surface area contributed by atoms with Crippen molar-refractivity contribution >= 4 is 34.8 Å². The number of rotatable bonds is 1. The average molecular weight is 260 g/mol. The standard InChI is InChI=1S/C7H9Cl3N2O2/c1-3(2)4-5(13)12(6(14)11-4)7(8,9)10/h3,13H,1-2H3,(H,11,14). The van der Waals surface area contributed by atoms with Gasteiger partial charge in [-0.3, -0.25) is 0 Å². The molecule has 0 spiro atoms. The van der Waals surface area contributed by atoms with E-state index in [1.165, 1.54) is 0 Å². The molecule has 0 amide bonds. The van der Waals surface area contributed by atoms with Crippen molar-refractivity contribution < 1.29 is 5.11 Å². The van der Waals surface area contributed by atoms with Gasteiger partial charge >= 0.3 is 5.69 Å². The largest absolute Gasteiger partial charge is 0.493 e. The van der Waals surface area contributed by atoms with Crippen LogP contribution >= 0.6 is 34.8 Å². The Morgan fingerprint density at radius 3 is 2.14 bits per heavy atom. The van der Waals surface area contributed by atoms with Crippen molar-refractivity contribution in [3.8, 4) is 5.88 Å². The molecule has 4 nitrogen and oxygen atoms in total. The van der Waals surface area contributed by atoms with Crippen molar-refractivity contribution in [2.45, 2.75) is 23.7 Å². The second-order valence-electron chi connectivity index (χ2n) is 3.13. The van der Waals surface area contributed by atoms with Crippen molar-refractivity contribution in [2.24, 2.45) is 0 Å². The van der Waals surface area contributed by atoms with Crippen LogP contribution in [0, 0.1) is 0 Å². The third-order valence-corrected chi connectivity index (χ3v) is 2.24. The first kappa shape index (κ1) is 11.8. The van der Waals surface area contributed by atoms with Gasteiger partial charge in [-0.15, -0.1) is 0 Å². The zero-order valence-corrected chi connectivity index (χ0v) is 9.78. The fourth-order valence-electron chi connectivity index (χ4n) is 1.08. The van der Waals surface area contributed by atoms with Gasteiger partial charge in [-0.1, -0.05) is 48.7 Å². The molecule has 80 valence electrons. The number of aromatic amines is 1. The van der Waals surface area contributed by atoms with Crippen molar-refractivity contribution in [2.75, 3.05) is 0 Å². The van der Waals surface area contributed by atoms with E-state index in [-0.39, 0.29) is 11.8 Å². The minimum Gasteiger partial charge on any atom is -0.493 e. The first-order chi connectivity index (χ1) is 6.25. The fourth-order valence-corrected chi connectivity index (χ4v) is 1.55. The van der Waals surface area contributed by atoms with Gasteiger partial charge in [0.05, 0.1) is 5.69 Å². The summed E-state index contributed by atoms with van der Waals surface area (Å²) in [6.07, 6.45) is 0. The van der Waals surface area contributed by atoms with E-state index >= 15 is 0 Å². The number of aromatic nitrogens is 2.